The summed E-state index contributed by atoms with van der Waals surface area (Å²) < 4.78 is 5.18. The molecule has 180 valence electrons. The molecule has 0 spiro atoms. The highest BCUT2D eigenvalue weighted by Gasteiger charge is 2.33. The third-order valence-corrected chi connectivity index (χ3v) is 5.12. The second-order valence-electron chi connectivity index (χ2n) is 9.05. The van der Waals surface area contributed by atoms with Gasteiger partial charge in [-0.3, -0.25) is 9.59 Å². The molecule has 1 atom stereocenters. The lowest BCUT2D eigenvalue weighted by atomic mass is 9.98. The fraction of sp³-hybridized carbons (Fsp3) is 0.385. The molecule has 3 amide bonds. The van der Waals surface area contributed by atoms with Crippen LogP contribution >= 0.6 is 0 Å². The summed E-state index contributed by atoms with van der Waals surface area (Å²) in [6.45, 7) is 9.97. The maximum Gasteiger partial charge on any atom is 0.408 e. The van der Waals surface area contributed by atoms with Crippen molar-refractivity contribution in [2.75, 3.05) is 18.4 Å². The van der Waals surface area contributed by atoms with Crippen LogP contribution in [0.2, 0.25) is 0 Å². The lowest BCUT2D eigenvalue weighted by molar-refractivity contribution is -0.137. The highest BCUT2D eigenvalue weighted by Crippen LogP contribution is 2.28. The van der Waals surface area contributed by atoms with Gasteiger partial charge in [-0.15, -0.1) is 0 Å². The molecule has 0 radical (unpaired) electrons. The number of anilines is 1. The van der Waals surface area contributed by atoms with E-state index in [0.29, 0.717) is 11.3 Å². The maximum absolute atomic E-state index is 13.6. The second-order valence-corrected chi connectivity index (χ2v) is 9.05. The summed E-state index contributed by atoms with van der Waals surface area (Å²) in [5.74, 6) is -1.04. The smallest absolute Gasteiger partial charge is 0.408 e. The van der Waals surface area contributed by atoms with Gasteiger partial charge in [-0.1, -0.05) is 42.5 Å². The zero-order valence-electron chi connectivity index (χ0n) is 20.6. The van der Waals surface area contributed by atoms with Crippen LogP contribution in [-0.4, -0.2) is 41.5 Å². The Balaban J connectivity index is 2.39. The zero-order chi connectivity index (χ0) is 25.5. The van der Waals surface area contributed by atoms with Gasteiger partial charge < -0.3 is 20.3 Å². The third-order valence-electron chi connectivity index (χ3n) is 5.12. The minimum atomic E-state index is -1.08. The summed E-state index contributed by atoms with van der Waals surface area (Å²) in [5.41, 5.74) is 3.06. The number of carbonyl (C=O) groups excluding carboxylic acids is 3. The topological polar surface area (TPSA) is 112 Å². The van der Waals surface area contributed by atoms with E-state index in [0.717, 1.165) is 16.7 Å². The van der Waals surface area contributed by atoms with Gasteiger partial charge in [0.05, 0.1) is 6.07 Å². The second kappa shape index (κ2) is 11.3. The molecule has 34 heavy (non-hydrogen) atoms. The summed E-state index contributed by atoms with van der Waals surface area (Å²) in [5, 5.41) is 14.8. The number of nitrogens with one attached hydrogen (secondary N) is 2. The number of benzene rings is 2. The van der Waals surface area contributed by atoms with Crippen molar-refractivity contribution in [1.29, 1.82) is 5.26 Å². The van der Waals surface area contributed by atoms with Crippen LogP contribution in [0.3, 0.4) is 0 Å². The van der Waals surface area contributed by atoms with E-state index in [4.69, 9.17) is 4.74 Å². The van der Waals surface area contributed by atoms with Crippen molar-refractivity contribution >= 4 is 23.6 Å². The number of rotatable bonds is 7. The average molecular weight is 465 g/mol. The Kier molecular flexibility index (Phi) is 8.79. The molecule has 0 saturated carbocycles. The van der Waals surface area contributed by atoms with E-state index < -0.39 is 36.1 Å². The van der Waals surface area contributed by atoms with Gasteiger partial charge in [-0.25, -0.2) is 4.79 Å². The summed E-state index contributed by atoms with van der Waals surface area (Å²) in [6.07, 6.45) is -0.759. The average Bonchev–Trinajstić information content (AvgIpc) is 2.74. The fourth-order valence-electron chi connectivity index (χ4n) is 3.51. The number of hydrogen-bond donors (Lipinski definition) is 2. The van der Waals surface area contributed by atoms with Crippen molar-refractivity contribution in [3.63, 3.8) is 0 Å². The Bertz CT molecular complexity index is 1080. The molecule has 0 heterocycles. The van der Waals surface area contributed by atoms with Gasteiger partial charge in [0.25, 0.3) is 5.91 Å². The number of carbonyl (C=O) groups is 3. The predicted molar refractivity (Wildman–Crippen MR) is 130 cm³/mol. The van der Waals surface area contributed by atoms with E-state index in [-0.39, 0.29) is 6.54 Å². The fourth-order valence-corrected chi connectivity index (χ4v) is 3.51. The Morgan fingerprint density at radius 1 is 1.00 bits per heavy atom. The maximum atomic E-state index is 13.6. The Morgan fingerprint density at radius 3 is 2.15 bits per heavy atom. The van der Waals surface area contributed by atoms with E-state index in [1.165, 1.54) is 4.90 Å². The van der Waals surface area contributed by atoms with Crippen LogP contribution in [0.4, 0.5) is 10.5 Å². The standard InChI is InChI=1S/C26H32N4O4/c1-17-10-7-8-13-20(17)23(24(32)29-22-18(2)11-9-12-19(22)3)30(15-14-27)21(31)16-28-25(33)34-26(4,5)6/h7-13,23H,15-16H2,1-6H3,(H,28,33)(H,29,32). The molecule has 8 heteroatoms. The van der Waals surface area contributed by atoms with Crippen LogP contribution in [-0.2, 0) is 14.3 Å². The first-order valence-corrected chi connectivity index (χ1v) is 11.0. The first kappa shape index (κ1) is 26.4. The van der Waals surface area contributed by atoms with E-state index in [9.17, 15) is 19.6 Å². The minimum absolute atomic E-state index is 0.339. The lowest BCUT2D eigenvalue weighted by Crippen LogP contribution is -2.47. The molecule has 0 aliphatic rings. The number of alkyl carbamates (subject to hydrolysis) is 1. The van der Waals surface area contributed by atoms with Gasteiger partial charge in [-0.05, 0) is 63.8 Å². The molecule has 8 nitrogen and oxygen atoms in total. The Labute approximate surface area is 200 Å². The molecule has 0 aliphatic carbocycles. The number of hydrogen-bond acceptors (Lipinski definition) is 5. The minimum Gasteiger partial charge on any atom is -0.444 e. The van der Waals surface area contributed by atoms with Gasteiger partial charge >= 0.3 is 6.09 Å². The van der Waals surface area contributed by atoms with Crippen molar-refractivity contribution in [3.8, 4) is 6.07 Å². The van der Waals surface area contributed by atoms with Crippen molar-refractivity contribution in [2.24, 2.45) is 0 Å². The van der Waals surface area contributed by atoms with Crippen LogP contribution in [0.1, 0.15) is 49.1 Å². The van der Waals surface area contributed by atoms with Crippen molar-refractivity contribution in [1.82, 2.24) is 10.2 Å². The Hall–Kier alpha value is -3.86. The first-order valence-electron chi connectivity index (χ1n) is 11.0. The van der Waals surface area contributed by atoms with Gasteiger partial charge in [0.2, 0.25) is 5.91 Å². The van der Waals surface area contributed by atoms with Gasteiger partial charge in [0.1, 0.15) is 24.7 Å². The zero-order valence-corrected chi connectivity index (χ0v) is 20.6. The molecule has 0 bridgehead atoms. The molecule has 2 aromatic carbocycles. The summed E-state index contributed by atoms with van der Waals surface area (Å²) in [4.78, 5) is 39.9. The van der Waals surface area contributed by atoms with E-state index in [2.05, 4.69) is 10.6 Å². The van der Waals surface area contributed by atoms with Crippen LogP contribution in [0, 0.1) is 32.1 Å². The Morgan fingerprint density at radius 2 is 1.59 bits per heavy atom. The summed E-state index contributed by atoms with van der Waals surface area (Å²) >= 11 is 0. The predicted octanol–water partition coefficient (Wildman–Crippen LogP) is 4.17. The number of nitrogens with zero attached hydrogens (tertiary/aromatic N) is 2. The monoisotopic (exact) mass is 464 g/mol. The van der Waals surface area contributed by atoms with E-state index in [1.807, 2.05) is 57.2 Å². The first-order chi connectivity index (χ1) is 15.9. The quantitative estimate of drug-likeness (QED) is 0.598. The van der Waals surface area contributed by atoms with Crippen molar-refractivity contribution < 1.29 is 19.1 Å². The molecule has 2 aromatic rings. The molecule has 2 N–H and O–H groups in total. The number of ether oxygens (including phenoxy) is 1. The third kappa shape index (κ3) is 7.07. The molecule has 0 fully saturated rings. The number of amides is 3. The number of nitriles is 1. The van der Waals surface area contributed by atoms with E-state index in [1.54, 1.807) is 32.9 Å². The van der Waals surface area contributed by atoms with Crippen LogP contribution < -0.4 is 10.6 Å². The number of aryl methyl sites for hydroxylation is 3. The highest BCUT2D eigenvalue weighted by molar-refractivity contribution is 5.99. The highest BCUT2D eigenvalue weighted by atomic mass is 16.6. The molecule has 1 unspecified atom stereocenters. The molecule has 0 aliphatic heterocycles. The SMILES string of the molecule is Cc1ccccc1C(C(=O)Nc1c(C)cccc1C)N(CC#N)C(=O)CNC(=O)OC(C)(C)C. The normalized spacial score (nSPS) is 11.7. The molecule has 0 aromatic heterocycles. The molecule has 2 rings (SSSR count). The van der Waals surface area contributed by atoms with Crippen LogP contribution in [0.5, 0.6) is 0 Å². The van der Waals surface area contributed by atoms with Crippen LogP contribution in [0.25, 0.3) is 0 Å². The largest absolute Gasteiger partial charge is 0.444 e. The molecular formula is C26H32N4O4. The summed E-state index contributed by atoms with van der Waals surface area (Å²) in [6, 6.07) is 13.7. The molecular weight excluding hydrogens is 432 g/mol. The van der Waals surface area contributed by atoms with Crippen LogP contribution in [0.15, 0.2) is 42.5 Å². The van der Waals surface area contributed by atoms with E-state index >= 15 is 0 Å². The summed E-state index contributed by atoms with van der Waals surface area (Å²) in [7, 11) is 0. The number of para-hydroxylation sites is 1. The lowest BCUT2D eigenvalue weighted by Gasteiger charge is -2.31. The van der Waals surface area contributed by atoms with Gasteiger partial charge in [0, 0.05) is 5.69 Å². The van der Waals surface area contributed by atoms with Gasteiger partial charge in [-0.2, -0.15) is 5.26 Å². The van der Waals surface area contributed by atoms with Crippen molar-refractivity contribution in [2.45, 2.75) is 53.2 Å². The molecule has 0 saturated heterocycles. The van der Waals surface area contributed by atoms with Crippen molar-refractivity contribution in [3.05, 3.63) is 64.7 Å². The van der Waals surface area contributed by atoms with Gasteiger partial charge in [0.15, 0.2) is 0 Å².